The van der Waals surface area contributed by atoms with Crippen molar-refractivity contribution in [1.29, 1.82) is 0 Å². The first-order valence-corrected chi connectivity index (χ1v) is 7.17. The highest BCUT2D eigenvalue weighted by Gasteiger charge is 2.37. The van der Waals surface area contributed by atoms with Crippen molar-refractivity contribution in [2.75, 3.05) is 6.61 Å². The van der Waals surface area contributed by atoms with Crippen LogP contribution in [-0.2, 0) is 10.3 Å². The quantitative estimate of drug-likeness (QED) is 0.770. The molecule has 0 N–H and O–H groups in total. The predicted octanol–water partition coefficient (Wildman–Crippen LogP) is 3.54. The molecule has 0 aliphatic heterocycles. The molecule has 1 saturated carbocycles. The normalized spacial score (nSPS) is 19.2. The molecule has 1 fully saturated rings. The molecule has 1 aliphatic rings. The molecule has 0 saturated heterocycles. The lowest BCUT2D eigenvalue weighted by atomic mass is 9.85. The first kappa shape index (κ1) is 12.7. The maximum atomic E-state index is 11.3. The van der Waals surface area contributed by atoms with E-state index in [0.717, 1.165) is 17.8 Å². The van der Waals surface area contributed by atoms with E-state index in [1.54, 1.807) is 18.3 Å². The molecule has 1 aromatic heterocycles. The third-order valence-electron chi connectivity index (χ3n) is 3.34. The molecule has 17 heavy (non-hydrogen) atoms. The molecule has 1 aromatic rings. The molecule has 3 nitrogen and oxygen atoms in total. The van der Waals surface area contributed by atoms with E-state index in [0.29, 0.717) is 12.3 Å². The standard InChI is InChI=1S/C13H19NO2S/c1-3-16-13(7-5-4-6-8-13)12-14-11(9-17-12)10(2)15/h9H,3-8H2,1-2H3. The third-order valence-corrected chi connectivity index (χ3v) is 4.36. The Kier molecular flexibility index (Phi) is 3.94. The number of carbonyl (C=O) groups excluding carboxylic acids is 1. The maximum absolute atomic E-state index is 11.3. The molecule has 0 bridgehead atoms. The number of nitrogens with zero attached hydrogens (tertiary/aromatic N) is 1. The zero-order chi connectivity index (χ0) is 12.3. The molecule has 1 heterocycles. The fourth-order valence-corrected chi connectivity index (χ4v) is 3.53. The van der Waals surface area contributed by atoms with Gasteiger partial charge in [-0.2, -0.15) is 0 Å². The van der Waals surface area contributed by atoms with Crippen LogP contribution in [0.2, 0.25) is 0 Å². The Bertz CT molecular complexity index is 388. The topological polar surface area (TPSA) is 39.2 Å². The van der Waals surface area contributed by atoms with Crippen LogP contribution >= 0.6 is 11.3 Å². The summed E-state index contributed by atoms with van der Waals surface area (Å²) in [7, 11) is 0. The summed E-state index contributed by atoms with van der Waals surface area (Å²) in [6.45, 7) is 4.29. The first-order valence-electron chi connectivity index (χ1n) is 6.29. The van der Waals surface area contributed by atoms with Gasteiger partial charge in [-0.05, 0) is 19.8 Å². The molecular weight excluding hydrogens is 234 g/mol. The van der Waals surface area contributed by atoms with Crippen LogP contribution in [0, 0.1) is 0 Å². The lowest BCUT2D eigenvalue weighted by molar-refractivity contribution is -0.0704. The minimum absolute atomic E-state index is 0.0370. The van der Waals surface area contributed by atoms with Gasteiger partial charge in [0.25, 0.3) is 0 Å². The molecule has 1 aliphatic carbocycles. The van der Waals surface area contributed by atoms with Gasteiger partial charge >= 0.3 is 0 Å². The fourth-order valence-electron chi connectivity index (χ4n) is 2.46. The van der Waals surface area contributed by atoms with Gasteiger partial charge in [0.2, 0.25) is 0 Å². The average molecular weight is 253 g/mol. The molecule has 0 aromatic carbocycles. The van der Waals surface area contributed by atoms with Crippen LogP contribution in [0.3, 0.4) is 0 Å². The zero-order valence-electron chi connectivity index (χ0n) is 10.5. The van der Waals surface area contributed by atoms with Crippen LogP contribution in [0.25, 0.3) is 0 Å². The van der Waals surface area contributed by atoms with Crippen LogP contribution < -0.4 is 0 Å². The van der Waals surface area contributed by atoms with Crippen molar-refractivity contribution >= 4 is 17.1 Å². The van der Waals surface area contributed by atoms with Crippen molar-refractivity contribution in [2.45, 2.75) is 51.6 Å². The summed E-state index contributed by atoms with van der Waals surface area (Å²) in [6, 6.07) is 0. The van der Waals surface area contributed by atoms with Crippen LogP contribution in [-0.4, -0.2) is 17.4 Å². The van der Waals surface area contributed by atoms with E-state index >= 15 is 0 Å². The summed E-state index contributed by atoms with van der Waals surface area (Å²) in [5.41, 5.74) is 0.361. The largest absolute Gasteiger partial charge is 0.368 e. The van der Waals surface area contributed by atoms with Gasteiger partial charge in [0.1, 0.15) is 16.3 Å². The van der Waals surface area contributed by atoms with Crippen molar-refractivity contribution in [2.24, 2.45) is 0 Å². The highest BCUT2D eigenvalue weighted by Crippen LogP contribution is 2.41. The minimum Gasteiger partial charge on any atom is -0.368 e. The number of rotatable bonds is 4. The number of ether oxygens (including phenoxy) is 1. The number of aromatic nitrogens is 1. The molecule has 94 valence electrons. The lowest BCUT2D eigenvalue weighted by Gasteiger charge is -2.35. The van der Waals surface area contributed by atoms with Crippen LogP contribution in [0.5, 0.6) is 0 Å². The SMILES string of the molecule is CCOC1(c2nc(C(C)=O)cs2)CCCCC1. The number of ketones is 1. The Balaban J connectivity index is 2.27. The molecule has 0 atom stereocenters. The number of carbonyl (C=O) groups is 1. The van der Waals surface area contributed by atoms with E-state index in [1.165, 1.54) is 19.3 Å². The summed E-state index contributed by atoms with van der Waals surface area (Å²) < 4.78 is 5.99. The number of hydrogen-bond acceptors (Lipinski definition) is 4. The van der Waals surface area contributed by atoms with Gasteiger partial charge in [-0.15, -0.1) is 11.3 Å². The highest BCUT2D eigenvalue weighted by molar-refractivity contribution is 7.10. The second-order valence-electron chi connectivity index (χ2n) is 4.58. The summed E-state index contributed by atoms with van der Waals surface area (Å²) in [5, 5.41) is 2.84. The minimum atomic E-state index is -0.217. The number of Topliss-reactive ketones (excluding diaryl/α,β-unsaturated/α-hetero) is 1. The van der Waals surface area contributed by atoms with Crippen molar-refractivity contribution < 1.29 is 9.53 Å². The monoisotopic (exact) mass is 253 g/mol. The molecule has 0 amide bonds. The summed E-state index contributed by atoms with van der Waals surface area (Å²) in [5.74, 6) is 0.0370. The van der Waals surface area contributed by atoms with Gasteiger partial charge in [-0.25, -0.2) is 4.98 Å². The average Bonchev–Trinajstić information content (AvgIpc) is 2.80. The first-order chi connectivity index (χ1) is 8.18. The fraction of sp³-hybridized carbons (Fsp3) is 0.692. The summed E-state index contributed by atoms with van der Waals surface area (Å²) >= 11 is 1.57. The zero-order valence-corrected chi connectivity index (χ0v) is 11.3. The predicted molar refractivity (Wildman–Crippen MR) is 68.5 cm³/mol. The van der Waals surface area contributed by atoms with Gasteiger partial charge in [-0.1, -0.05) is 19.3 Å². The van der Waals surface area contributed by atoms with Crippen molar-refractivity contribution in [1.82, 2.24) is 4.98 Å². The molecule has 0 spiro atoms. The smallest absolute Gasteiger partial charge is 0.178 e. The van der Waals surface area contributed by atoms with Crippen molar-refractivity contribution in [3.05, 3.63) is 16.1 Å². The van der Waals surface area contributed by atoms with E-state index in [-0.39, 0.29) is 11.4 Å². The molecular formula is C13H19NO2S. The van der Waals surface area contributed by atoms with Crippen LogP contribution in [0.4, 0.5) is 0 Å². The van der Waals surface area contributed by atoms with Gasteiger partial charge in [0, 0.05) is 18.9 Å². The highest BCUT2D eigenvalue weighted by atomic mass is 32.1. The van der Waals surface area contributed by atoms with E-state index in [2.05, 4.69) is 4.98 Å². The Morgan fingerprint density at radius 1 is 1.47 bits per heavy atom. The van der Waals surface area contributed by atoms with Crippen LogP contribution in [0.1, 0.15) is 61.4 Å². The molecule has 4 heteroatoms. The van der Waals surface area contributed by atoms with Crippen molar-refractivity contribution in [3.8, 4) is 0 Å². The third kappa shape index (κ3) is 2.58. The van der Waals surface area contributed by atoms with Gasteiger partial charge in [0.15, 0.2) is 5.78 Å². The number of thiazole rings is 1. The molecule has 0 radical (unpaired) electrons. The van der Waals surface area contributed by atoms with Crippen molar-refractivity contribution in [3.63, 3.8) is 0 Å². The van der Waals surface area contributed by atoms with Gasteiger partial charge in [-0.3, -0.25) is 4.79 Å². The van der Waals surface area contributed by atoms with E-state index in [4.69, 9.17) is 4.74 Å². The van der Waals surface area contributed by atoms with E-state index in [9.17, 15) is 4.79 Å². The van der Waals surface area contributed by atoms with E-state index < -0.39 is 0 Å². The molecule has 0 unspecified atom stereocenters. The second-order valence-corrected chi connectivity index (χ2v) is 5.44. The Morgan fingerprint density at radius 2 is 2.18 bits per heavy atom. The van der Waals surface area contributed by atoms with Gasteiger partial charge in [0.05, 0.1) is 0 Å². The number of hydrogen-bond donors (Lipinski definition) is 0. The second kappa shape index (κ2) is 5.27. The van der Waals surface area contributed by atoms with Crippen LogP contribution in [0.15, 0.2) is 5.38 Å². The lowest BCUT2D eigenvalue weighted by Crippen LogP contribution is -2.32. The maximum Gasteiger partial charge on any atom is 0.178 e. The van der Waals surface area contributed by atoms with E-state index in [1.807, 2.05) is 12.3 Å². The Morgan fingerprint density at radius 3 is 2.71 bits per heavy atom. The molecule has 2 rings (SSSR count). The van der Waals surface area contributed by atoms with Gasteiger partial charge < -0.3 is 4.74 Å². The summed E-state index contributed by atoms with van der Waals surface area (Å²) in [4.78, 5) is 15.8. The Labute approximate surface area is 106 Å². The Hall–Kier alpha value is -0.740. The summed E-state index contributed by atoms with van der Waals surface area (Å²) in [6.07, 6.45) is 5.72.